The van der Waals surface area contributed by atoms with E-state index < -0.39 is 24.1 Å². The van der Waals surface area contributed by atoms with Crippen LogP contribution < -0.4 is 0 Å². The standard InChI is InChI=1S/C18H24O6/c1-3-5-12-23-15(4-2)16(10-11-19)24-18(22)14-9-7-6-8-13(14)17(20)21/h6-9,11,15-16H,3-5,10,12H2,1-2H3,(H,20,21). The minimum atomic E-state index is -1.21. The van der Waals surface area contributed by atoms with Crippen LogP contribution in [-0.4, -0.2) is 42.1 Å². The molecule has 0 aliphatic carbocycles. The molecule has 0 fully saturated rings. The van der Waals surface area contributed by atoms with Crippen molar-refractivity contribution in [2.75, 3.05) is 6.61 Å². The molecule has 1 rings (SSSR count). The molecule has 2 unspecified atom stereocenters. The Morgan fingerprint density at radius 3 is 2.38 bits per heavy atom. The summed E-state index contributed by atoms with van der Waals surface area (Å²) in [6.45, 7) is 4.44. The minimum absolute atomic E-state index is 0.00557. The predicted octanol–water partition coefficient (Wildman–Crippen LogP) is 3.09. The first kappa shape index (κ1) is 19.8. The van der Waals surface area contributed by atoms with Crippen molar-refractivity contribution >= 4 is 18.2 Å². The molecule has 0 aromatic heterocycles. The van der Waals surface area contributed by atoms with Gasteiger partial charge in [-0.2, -0.15) is 0 Å². The Labute approximate surface area is 141 Å². The Bertz CT molecular complexity index is 554. The van der Waals surface area contributed by atoms with Gasteiger partial charge in [0.2, 0.25) is 0 Å². The molecular formula is C18H24O6. The van der Waals surface area contributed by atoms with E-state index in [0.29, 0.717) is 19.3 Å². The van der Waals surface area contributed by atoms with Gasteiger partial charge in [-0.25, -0.2) is 9.59 Å². The van der Waals surface area contributed by atoms with Gasteiger partial charge in [0.05, 0.1) is 17.2 Å². The quantitative estimate of drug-likeness (QED) is 0.379. The molecule has 0 aliphatic heterocycles. The maximum absolute atomic E-state index is 12.3. The molecule has 6 nitrogen and oxygen atoms in total. The third kappa shape index (κ3) is 5.77. The Balaban J connectivity index is 2.88. The van der Waals surface area contributed by atoms with Gasteiger partial charge in [0.1, 0.15) is 12.4 Å². The second-order valence-corrected chi connectivity index (χ2v) is 5.37. The van der Waals surface area contributed by atoms with E-state index in [9.17, 15) is 14.4 Å². The molecule has 132 valence electrons. The fourth-order valence-electron chi connectivity index (χ4n) is 2.29. The zero-order chi connectivity index (χ0) is 17.9. The zero-order valence-corrected chi connectivity index (χ0v) is 14.1. The number of ether oxygens (including phenoxy) is 2. The smallest absolute Gasteiger partial charge is 0.339 e. The SMILES string of the molecule is CCCCOC(CC)C(CC=O)OC(=O)c1ccccc1C(=O)O. The number of esters is 1. The van der Waals surface area contributed by atoms with Crippen molar-refractivity contribution in [3.05, 3.63) is 35.4 Å². The fraction of sp³-hybridized carbons (Fsp3) is 0.500. The average Bonchev–Trinajstić information content (AvgIpc) is 2.58. The zero-order valence-electron chi connectivity index (χ0n) is 14.1. The third-order valence-corrected chi connectivity index (χ3v) is 3.61. The van der Waals surface area contributed by atoms with Crippen LogP contribution in [-0.2, 0) is 14.3 Å². The summed E-state index contributed by atoms with van der Waals surface area (Å²) in [4.78, 5) is 34.5. The van der Waals surface area contributed by atoms with Gasteiger partial charge in [-0.3, -0.25) is 0 Å². The van der Waals surface area contributed by atoms with E-state index in [4.69, 9.17) is 14.6 Å². The summed E-state index contributed by atoms with van der Waals surface area (Å²) < 4.78 is 11.1. The van der Waals surface area contributed by atoms with E-state index in [1.165, 1.54) is 18.2 Å². The van der Waals surface area contributed by atoms with E-state index in [1.807, 2.05) is 13.8 Å². The lowest BCUT2D eigenvalue weighted by Gasteiger charge is -2.25. The minimum Gasteiger partial charge on any atom is -0.478 e. The summed E-state index contributed by atoms with van der Waals surface area (Å²) in [6, 6.07) is 5.82. The highest BCUT2D eigenvalue weighted by atomic mass is 16.6. The third-order valence-electron chi connectivity index (χ3n) is 3.61. The summed E-state index contributed by atoms with van der Waals surface area (Å²) in [5.41, 5.74) is -0.170. The van der Waals surface area contributed by atoms with Crippen molar-refractivity contribution in [1.82, 2.24) is 0 Å². The molecule has 0 amide bonds. The summed E-state index contributed by atoms with van der Waals surface area (Å²) in [6.07, 6.45) is 1.97. The van der Waals surface area contributed by atoms with E-state index >= 15 is 0 Å². The number of carbonyl (C=O) groups is 3. The molecule has 0 heterocycles. The molecule has 2 atom stereocenters. The van der Waals surface area contributed by atoms with Crippen LogP contribution in [0.1, 0.15) is 60.2 Å². The Morgan fingerprint density at radius 2 is 1.83 bits per heavy atom. The topological polar surface area (TPSA) is 89.9 Å². The van der Waals surface area contributed by atoms with Crippen molar-refractivity contribution < 1.29 is 29.0 Å². The highest BCUT2D eigenvalue weighted by Gasteiger charge is 2.27. The van der Waals surface area contributed by atoms with Gasteiger partial charge >= 0.3 is 11.9 Å². The van der Waals surface area contributed by atoms with Gasteiger partial charge in [0.15, 0.2) is 0 Å². The van der Waals surface area contributed by atoms with Crippen LogP contribution in [0.2, 0.25) is 0 Å². The monoisotopic (exact) mass is 336 g/mol. The van der Waals surface area contributed by atoms with E-state index in [2.05, 4.69) is 0 Å². The molecule has 0 radical (unpaired) electrons. The first-order valence-corrected chi connectivity index (χ1v) is 8.13. The number of aldehydes is 1. The normalized spacial score (nSPS) is 13.1. The van der Waals surface area contributed by atoms with Crippen LogP contribution in [0.4, 0.5) is 0 Å². The lowest BCUT2D eigenvalue weighted by atomic mass is 10.1. The highest BCUT2D eigenvalue weighted by Crippen LogP contribution is 2.17. The number of rotatable bonds is 11. The van der Waals surface area contributed by atoms with Crippen LogP contribution in [0.15, 0.2) is 24.3 Å². The predicted molar refractivity (Wildman–Crippen MR) is 88.2 cm³/mol. The maximum atomic E-state index is 12.3. The molecule has 1 N–H and O–H groups in total. The molecule has 1 aromatic rings. The maximum Gasteiger partial charge on any atom is 0.339 e. The highest BCUT2D eigenvalue weighted by molar-refractivity contribution is 6.02. The van der Waals surface area contributed by atoms with Gasteiger partial charge in [0.25, 0.3) is 0 Å². The molecule has 0 saturated heterocycles. The molecule has 6 heteroatoms. The average molecular weight is 336 g/mol. The molecule has 0 spiro atoms. The van der Waals surface area contributed by atoms with Crippen molar-refractivity contribution in [3.63, 3.8) is 0 Å². The summed E-state index contributed by atoms with van der Waals surface area (Å²) in [5.74, 6) is -1.97. The van der Waals surface area contributed by atoms with Crippen molar-refractivity contribution in [2.24, 2.45) is 0 Å². The van der Waals surface area contributed by atoms with E-state index in [1.54, 1.807) is 6.07 Å². The number of hydrogen-bond acceptors (Lipinski definition) is 5. The number of benzene rings is 1. The summed E-state index contributed by atoms with van der Waals surface area (Å²) >= 11 is 0. The van der Waals surface area contributed by atoms with Crippen LogP contribution in [0.25, 0.3) is 0 Å². The van der Waals surface area contributed by atoms with Crippen LogP contribution in [0.5, 0.6) is 0 Å². The second-order valence-electron chi connectivity index (χ2n) is 5.37. The lowest BCUT2D eigenvalue weighted by molar-refractivity contribution is -0.113. The first-order valence-electron chi connectivity index (χ1n) is 8.13. The lowest BCUT2D eigenvalue weighted by Crippen LogP contribution is -2.34. The number of unbranched alkanes of at least 4 members (excludes halogenated alkanes) is 1. The fourth-order valence-corrected chi connectivity index (χ4v) is 2.29. The molecular weight excluding hydrogens is 312 g/mol. The Hall–Kier alpha value is -2.21. The summed E-state index contributed by atoms with van der Waals surface area (Å²) in [7, 11) is 0. The van der Waals surface area contributed by atoms with Crippen molar-refractivity contribution in [3.8, 4) is 0 Å². The van der Waals surface area contributed by atoms with Crippen LogP contribution >= 0.6 is 0 Å². The Kier molecular flexibility index (Phi) is 8.71. The number of carbonyl (C=O) groups excluding carboxylic acids is 2. The van der Waals surface area contributed by atoms with Gasteiger partial charge in [0, 0.05) is 13.0 Å². The van der Waals surface area contributed by atoms with Crippen LogP contribution in [0.3, 0.4) is 0 Å². The number of hydrogen-bond donors (Lipinski definition) is 1. The molecule has 24 heavy (non-hydrogen) atoms. The van der Waals surface area contributed by atoms with Gasteiger partial charge in [-0.1, -0.05) is 32.4 Å². The first-order chi connectivity index (χ1) is 11.5. The molecule has 0 saturated carbocycles. The number of aromatic carboxylic acids is 1. The molecule has 0 aliphatic rings. The Morgan fingerprint density at radius 1 is 1.17 bits per heavy atom. The van der Waals surface area contributed by atoms with E-state index in [-0.39, 0.29) is 17.5 Å². The number of carboxylic acids is 1. The van der Waals surface area contributed by atoms with Gasteiger partial charge in [-0.05, 0) is 25.0 Å². The van der Waals surface area contributed by atoms with Crippen molar-refractivity contribution in [1.29, 1.82) is 0 Å². The van der Waals surface area contributed by atoms with Gasteiger partial charge in [-0.15, -0.1) is 0 Å². The second kappa shape index (κ2) is 10.5. The molecule has 0 bridgehead atoms. The summed E-state index contributed by atoms with van der Waals surface area (Å²) in [5, 5.41) is 9.16. The largest absolute Gasteiger partial charge is 0.478 e. The number of carboxylic acid groups (broad SMARTS) is 1. The van der Waals surface area contributed by atoms with Crippen molar-refractivity contribution in [2.45, 2.75) is 51.7 Å². The van der Waals surface area contributed by atoms with Gasteiger partial charge < -0.3 is 19.4 Å². The van der Waals surface area contributed by atoms with E-state index in [0.717, 1.165) is 12.8 Å². The van der Waals surface area contributed by atoms with Crippen LogP contribution in [0, 0.1) is 0 Å². The molecule has 1 aromatic carbocycles.